The summed E-state index contributed by atoms with van der Waals surface area (Å²) < 4.78 is 5.16. The van der Waals surface area contributed by atoms with Crippen molar-refractivity contribution < 1.29 is 9.21 Å². The number of furan rings is 1. The summed E-state index contributed by atoms with van der Waals surface area (Å²) in [6.45, 7) is 0. The van der Waals surface area contributed by atoms with E-state index in [-0.39, 0.29) is 5.91 Å². The number of aromatic amines is 1. The minimum atomic E-state index is -0.296. The van der Waals surface area contributed by atoms with Gasteiger partial charge < -0.3 is 4.42 Å². The van der Waals surface area contributed by atoms with E-state index in [4.69, 9.17) is 4.42 Å². The monoisotopic (exact) mass is 332 g/mol. The van der Waals surface area contributed by atoms with Crippen molar-refractivity contribution in [2.24, 2.45) is 5.10 Å². The van der Waals surface area contributed by atoms with E-state index in [1.807, 2.05) is 24.3 Å². The summed E-state index contributed by atoms with van der Waals surface area (Å²) in [4.78, 5) is 12.3. The average Bonchev–Trinajstić information content (AvgIpc) is 3.31. The molecule has 6 heteroatoms. The van der Waals surface area contributed by atoms with Crippen LogP contribution < -0.4 is 5.43 Å². The zero-order valence-electron chi connectivity index (χ0n) is 13.4. The Morgan fingerprint density at radius 3 is 3.04 bits per heavy atom. The number of allylic oxidation sites excluding steroid dienone is 1. The molecule has 124 valence electrons. The van der Waals surface area contributed by atoms with Crippen molar-refractivity contribution in [2.75, 3.05) is 0 Å². The van der Waals surface area contributed by atoms with Crippen LogP contribution in [-0.2, 0) is 12.8 Å². The summed E-state index contributed by atoms with van der Waals surface area (Å²) in [7, 11) is 0. The zero-order chi connectivity index (χ0) is 17.1. The molecule has 0 bridgehead atoms. The number of benzene rings is 1. The predicted molar refractivity (Wildman–Crippen MR) is 95.1 cm³/mol. The fraction of sp³-hybridized carbons (Fsp3) is 0.105. The molecule has 1 amide bonds. The topological polar surface area (TPSA) is 83.3 Å². The SMILES string of the molecule is O=C(NN=C/C=C/c1ccco1)c1[nH]nc2c1CCc1ccccc1-2. The summed E-state index contributed by atoms with van der Waals surface area (Å²) in [6, 6.07) is 11.8. The molecule has 1 aromatic carbocycles. The van der Waals surface area contributed by atoms with Gasteiger partial charge in [-0.2, -0.15) is 10.2 Å². The minimum Gasteiger partial charge on any atom is -0.465 e. The summed E-state index contributed by atoms with van der Waals surface area (Å²) >= 11 is 0. The Morgan fingerprint density at radius 1 is 1.24 bits per heavy atom. The van der Waals surface area contributed by atoms with E-state index < -0.39 is 0 Å². The number of rotatable bonds is 4. The van der Waals surface area contributed by atoms with Crippen LogP contribution in [0.2, 0.25) is 0 Å². The Morgan fingerprint density at radius 2 is 2.16 bits per heavy atom. The van der Waals surface area contributed by atoms with Crippen LogP contribution in [0.4, 0.5) is 0 Å². The van der Waals surface area contributed by atoms with E-state index in [0.29, 0.717) is 5.69 Å². The number of H-pyrrole nitrogens is 1. The molecule has 0 saturated heterocycles. The first kappa shape index (κ1) is 15.1. The van der Waals surface area contributed by atoms with E-state index in [0.717, 1.165) is 35.4 Å². The largest absolute Gasteiger partial charge is 0.465 e. The maximum Gasteiger partial charge on any atom is 0.289 e. The van der Waals surface area contributed by atoms with E-state index in [2.05, 4.69) is 26.8 Å². The van der Waals surface area contributed by atoms with Crippen molar-refractivity contribution in [1.29, 1.82) is 0 Å². The van der Waals surface area contributed by atoms with Crippen molar-refractivity contribution in [3.63, 3.8) is 0 Å². The van der Waals surface area contributed by atoms with Gasteiger partial charge in [0.1, 0.15) is 11.5 Å². The number of hydrogen-bond acceptors (Lipinski definition) is 4. The molecular formula is C19H16N4O2. The van der Waals surface area contributed by atoms with Gasteiger partial charge in [0.25, 0.3) is 5.91 Å². The molecule has 0 aliphatic heterocycles. The molecule has 0 fully saturated rings. The fourth-order valence-corrected chi connectivity index (χ4v) is 2.97. The Balaban J connectivity index is 1.46. The van der Waals surface area contributed by atoms with Crippen molar-refractivity contribution in [3.05, 3.63) is 71.3 Å². The number of amides is 1. The summed E-state index contributed by atoms with van der Waals surface area (Å²) in [5.74, 6) is 0.426. The third-order valence-corrected chi connectivity index (χ3v) is 4.14. The van der Waals surface area contributed by atoms with Gasteiger partial charge in [-0.25, -0.2) is 5.43 Å². The van der Waals surface area contributed by atoms with Gasteiger partial charge in [0.05, 0.1) is 12.0 Å². The Bertz CT molecular complexity index is 952. The van der Waals surface area contributed by atoms with Crippen LogP contribution in [0, 0.1) is 0 Å². The molecule has 4 rings (SSSR count). The molecule has 25 heavy (non-hydrogen) atoms. The van der Waals surface area contributed by atoms with Crippen LogP contribution in [0.3, 0.4) is 0 Å². The highest BCUT2D eigenvalue weighted by molar-refractivity contribution is 5.96. The Kier molecular flexibility index (Phi) is 4.00. The van der Waals surface area contributed by atoms with Gasteiger partial charge in [0, 0.05) is 17.3 Å². The van der Waals surface area contributed by atoms with Crippen molar-refractivity contribution >= 4 is 18.2 Å². The fourth-order valence-electron chi connectivity index (χ4n) is 2.97. The highest BCUT2D eigenvalue weighted by Crippen LogP contribution is 2.33. The lowest BCUT2D eigenvalue weighted by Crippen LogP contribution is -2.20. The van der Waals surface area contributed by atoms with Gasteiger partial charge in [-0.05, 0) is 42.7 Å². The minimum absolute atomic E-state index is 0.296. The van der Waals surface area contributed by atoms with Crippen molar-refractivity contribution in [2.45, 2.75) is 12.8 Å². The van der Waals surface area contributed by atoms with Crippen LogP contribution >= 0.6 is 0 Å². The first-order valence-corrected chi connectivity index (χ1v) is 8.02. The molecular weight excluding hydrogens is 316 g/mol. The number of nitrogens with one attached hydrogen (secondary N) is 2. The molecule has 0 spiro atoms. The van der Waals surface area contributed by atoms with E-state index >= 15 is 0 Å². The number of carbonyl (C=O) groups excluding carboxylic acids is 1. The first-order chi connectivity index (χ1) is 12.3. The summed E-state index contributed by atoms with van der Waals surface area (Å²) in [5.41, 5.74) is 7.13. The van der Waals surface area contributed by atoms with Gasteiger partial charge in [0.15, 0.2) is 0 Å². The number of aromatic nitrogens is 2. The van der Waals surface area contributed by atoms with E-state index in [1.54, 1.807) is 24.5 Å². The lowest BCUT2D eigenvalue weighted by Gasteiger charge is -2.15. The van der Waals surface area contributed by atoms with Gasteiger partial charge in [-0.15, -0.1) is 0 Å². The highest BCUT2D eigenvalue weighted by Gasteiger charge is 2.24. The molecule has 2 heterocycles. The maximum absolute atomic E-state index is 12.3. The van der Waals surface area contributed by atoms with Crippen molar-refractivity contribution in [1.82, 2.24) is 15.6 Å². The number of nitrogens with zero attached hydrogens (tertiary/aromatic N) is 2. The third-order valence-electron chi connectivity index (χ3n) is 4.14. The lowest BCUT2D eigenvalue weighted by molar-refractivity contribution is 0.0949. The van der Waals surface area contributed by atoms with Crippen LogP contribution in [0.5, 0.6) is 0 Å². The third kappa shape index (κ3) is 3.01. The molecule has 1 aliphatic carbocycles. The van der Waals surface area contributed by atoms with Crippen LogP contribution in [0.1, 0.15) is 27.4 Å². The molecule has 1 aliphatic rings. The smallest absolute Gasteiger partial charge is 0.289 e. The number of aryl methyl sites for hydroxylation is 1. The number of hydrogen-bond donors (Lipinski definition) is 2. The standard InChI is InChI=1S/C19H16N4O2/c24-19(23-20-11-3-6-14-7-4-12-25-14)18-16-10-9-13-5-1-2-8-15(13)17(16)21-22-18/h1-8,11-12H,9-10H2,(H,21,22)(H,23,24)/b6-3+,20-11?. The zero-order valence-corrected chi connectivity index (χ0v) is 13.4. The summed E-state index contributed by atoms with van der Waals surface area (Å²) in [5, 5.41) is 11.1. The molecule has 2 N–H and O–H groups in total. The Labute approximate surface area is 144 Å². The molecule has 0 radical (unpaired) electrons. The molecule has 3 aromatic rings. The second-order valence-corrected chi connectivity index (χ2v) is 5.68. The number of carbonyl (C=O) groups is 1. The lowest BCUT2D eigenvalue weighted by atomic mass is 9.89. The maximum atomic E-state index is 12.3. The van der Waals surface area contributed by atoms with Crippen LogP contribution in [0.25, 0.3) is 17.3 Å². The van der Waals surface area contributed by atoms with Gasteiger partial charge in [-0.3, -0.25) is 9.89 Å². The van der Waals surface area contributed by atoms with Crippen LogP contribution in [-0.4, -0.2) is 22.3 Å². The predicted octanol–water partition coefficient (Wildman–Crippen LogP) is 3.20. The molecule has 2 aromatic heterocycles. The van der Waals surface area contributed by atoms with Crippen molar-refractivity contribution in [3.8, 4) is 11.3 Å². The van der Waals surface area contributed by atoms with Gasteiger partial charge >= 0.3 is 0 Å². The van der Waals surface area contributed by atoms with Gasteiger partial charge in [-0.1, -0.05) is 24.3 Å². The molecule has 0 atom stereocenters. The summed E-state index contributed by atoms with van der Waals surface area (Å²) in [6.07, 6.45) is 8.23. The second kappa shape index (κ2) is 6.60. The molecule has 0 saturated carbocycles. The quantitative estimate of drug-likeness (QED) is 0.568. The van der Waals surface area contributed by atoms with Gasteiger partial charge in [0.2, 0.25) is 0 Å². The second-order valence-electron chi connectivity index (χ2n) is 5.68. The molecule has 0 unspecified atom stereocenters. The first-order valence-electron chi connectivity index (χ1n) is 8.02. The number of hydrazone groups is 1. The van der Waals surface area contributed by atoms with E-state index in [1.165, 1.54) is 11.8 Å². The van der Waals surface area contributed by atoms with Crippen LogP contribution in [0.15, 0.2) is 58.3 Å². The van der Waals surface area contributed by atoms with E-state index in [9.17, 15) is 4.79 Å². The average molecular weight is 332 g/mol. The highest BCUT2D eigenvalue weighted by atomic mass is 16.3. The normalized spacial score (nSPS) is 13.1. The number of fused-ring (bicyclic) bond motifs is 3. The Hall–Kier alpha value is -3.41. The molecule has 6 nitrogen and oxygen atoms in total.